The van der Waals surface area contributed by atoms with Crippen LogP contribution in [0.25, 0.3) is 0 Å². The fourth-order valence-corrected chi connectivity index (χ4v) is 3.82. The first-order valence-electron chi connectivity index (χ1n) is 5.60. The van der Waals surface area contributed by atoms with Crippen LogP contribution in [0.15, 0.2) is 46.7 Å². The maximum absolute atomic E-state index is 12.5. The lowest BCUT2D eigenvalue weighted by molar-refractivity contribution is 0.470. The van der Waals surface area contributed by atoms with Crippen LogP contribution in [0, 0.1) is 0 Å². The molecular formula is C12H15N3O2S2. The monoisotopic (exact) mass is 297 g/mol. The van der Waals surface area contributed by atoms with Crippen LogP contribution >= 0.6 is 11.3 Å². The molecule has 3 N–H and O–H groups in total. The second-order valence-corrected chi connectivity index (χ2v) is 7.03. The summed E-state index contributed by atoms with van der Waals surface area (Å²) in [4.78, 5) is 1.17. The third kappa shape index (κ3) is 2.95. The van der Waals surface area contributed by atoms with Gasteiger partial charge < -0.3 is 5.43 Å². The van der Waals surface area contributed by atoms with E-state index in [1.807, 2.05) is 17.5 Å². The second-order valence-electron chi connectivity index (χ2n) is 3.98. The van der Waals surface area contributed by atoms with E-state index in [1.54, 1.807) is 25.2 Å². The van der Waals surface area contributed by atoms with Crippen LogP contribution < -0.4 is 11.3 Å². The molecule has 0 aliphatic carbocycles. The molecule has 1 aromatic heterocycles. The van der Waals surface area contributed by atoms with E-state index < -0.39 is 10.0 Å². The number of nitrogens with zero attached hydrogens (tertiary/aromatic N) is 1. The summed E-state index contributed by atoms with van der Waals surface area (Å²) in [7, 11) is -2.00. The molecule has 7 heteroatoms. The summed E-state index contributed by atoms with van der Waals surface area (Å²) in [6, 6.07) is 10.4. The smallest absolute Gasteiger partial charge is 0.245 e. The van der Waals surface area contributed by atoms with Gasteiger partial charge in [-0.1, -0.05) is 18.2 Å². The van der Waals surface area contributed by atoms with Crippen molar-refractivity contribution in [2.45, 2.75) is 11.4 Å². The number of anilines is 1. The van der Waals surface area contributed by atoms with Crippen molar-refractivity contribution in [1.29, 1.82) is 0 Å². The van der Waals surface area contributed by atoms with Crippen LogP contribution in [-0.2, 0) is 16.6 Å². The molecule has 2 aromatic rings. The van der Waals surface area contributed by atoms with Crippen molar-refractivity contribution in [1.82, 2.24) is 4.31 Å². The quantitative estimate of drug-likeness (QED) is 0.652. The van der Waals surface area contributed by atoms with Gasteiger partial charge in [0.25, 0.3) is 0 Å². The highest BCUT2D eigenvalue weighted by Crippen LogP contribution is 2.24. The van der Waals surface area contributed by atoms with E-state index in [9.17, 15) is 8.42 Å². The number of hydrogen-bond acceptors (Lipinski definition) is 5. The predicted octanol–water partition coefficient (Wildman–Crippen LogP) is 1.85. The largest absolute Gasteiger partial charge is 0.323 e. The van der Waals surface area contributed by atoms with Crippen molar-refractivity contribution in [2.75, 3.05) is 12.5 Å². The van der Waals surface area contributed by atoms with Gasteiger partial charge in [0.15, 0.2) is 0 Å². The Kier molecular flexibility index (Phi) is 4.20. The first-order chi connectivity index (χ1) is 9.05. The molecule has 0 saturated heterocycles. The number of benzene rings is 1. The van der Waals surface area contributed by atoms with Gasteiger partial charge >= 0.3 is 0 Å². The van der Waals surface area contributed by atoms with Crippen molar-refractivity contribution in [3.8, 4) is 0 Å². The number of thiophene rings is 1. The number of nitrogen functional groups attached to an aromatic ring is 1. The highest BCUT2D eigenvalue weighted by atomic mass is 32.2. The average Bonchev–Trinajstić information content (AvgIpc) is 2.91. The normalized spacial score (nSPS) is 11.7. The Morgan fingerprint density at radius 2 is 2.00 bits per heavy atom. The van der Waals surface area contributed by atoms with Gasteiger partial charge in [-0.25, -0.2) is 8.42 Å². The molecule has 1 heterocycles. The predicted molar refractivity (Wildman–Crippen MR) is 77.2 cm³/mol. The minimum Gasteiger partial charge on any atom is -0.323 e. The molecule has 102 valence electrons. The minimum atomic E-state index is -3.56. The van der Waals surface area contributed by atoms with Gasteiger partial charge in [-0.15, -0.1) is 11.3 Å². The van der Waals surface area contributed by atoms with Gasteiger partial charge in [0, 0.05) is 18.5 Å². The number of para-hydroxylation sites is 1. The summed E-state index contributed by atoms with van der Waals surface area (Å²) in [5, 5.41) is 1.92. The lowest BCUT2D eigenvalue weighted by Crippen LogP contribution is -2.27. The molecule has 5 nitrogen and oxygen atoms in total. The summed E-state index contributed by atoms with van der Waals surface area (Å²) in [5.74, 6) is 5.35. The van der Waals surface area contributed by atoms with Crippen molar-refractivity contribution >= 4 is 27.0 Å². The van der Waals surface area contributed by atoms with Gasteiger partial charge in [0.2, 0.25) is 10.0 Å². The highest BCUT2D eigenvalue weighted by Gasteiger charge is 2.23. The highest BCUT2D eigenvalue weighted by molar-refractivity contribution is 7.89. The van der Waals surface area contributed by atoms with Crippen molar-refractivity contribution < 1.29 is 8.42 Å². The third-order valence-corrected chi connectivity index (χ3v) is 5.41. The molecule has 1 aromatic carbocycles. The van der Waals surface area contributed by atoms with E-state index in [-0.39, 0.29) is 4.90 Å². The lowest BCUT2D eigenvalue weighted by Gasteiger charge is -2.18. The summed E-state index contributed by atoms with van der Waals surface area (Å²) in [5.41, 5.74) is 2.80. The summed E-state index contributed by atoms with van der Waals surface area (Å²) < 4.78 is 26.3. The van der Waals surface area contributed by atoms with Crippen LogP contribution in [0.1, 0.15) is 4.88 Å². The molecule has 0 aliphatic rings. The summed E-state index contributed by atoms with van der Waals surface area (Å²) in [6.45, 7) is 0.346. The van der Waals surface area contributed by atoms with Gasteiger partial charge in [-0.3, -0.25) is 5.84 Å². The van der Waals surface area contributed by atoms with Crippen molar-refractivity contribution in [3.63, 3.8) is 0 Å². The molecular weight excluding hydrogens is 282 g/mol. The Balaban J connectivity index is 2.31. The average molecular weight is 297 g/mol. The van der Waals surface area contributed by atoms with Crippen LogP contribution in [0.2, 0.25) is 0 Å². The van der Waals surface area contributed by atoms with E-state index in [4.69, 9.17) is 5.84 Å². The van der Waals surface area contributed by atoms with Gasteiger partial charge in [0.1, 0.15) is 4.90 Å². The molecule has 0 saturated carbocycles. The van der Waals surface area contributed by atoms with Crippen LogP contribution in [0.4, 0.5) is 5.69 Å². The summed E-state index contributed by atoms with van der Waals surface area (Å²) in [6.07, 6.45) is 0. The zero-order chi connectivity index (χ0) is 13.9. The first-order valence-corrected chi connectivity index (χ1v) is 7.92. The molecule has 0 fully saturated rings. The maximum Gasteiger partial charge on any atom is 0.245 e. The van der Waals surface area contributed by atoms with Gasteiger partial charge in [-0.05, 0) is 23.6 Å². The molecule has 2 rings (SSSR count). The van der Waals surface area contributed by atoms with Crippen LogP contribution in [0.5, 0.6) is 0 Å². The number of nitrogens with two attached hydrogens (primary N) is 1. The van der Waals surface area contributed by atoms with E-state index in [2.05, 4.69) is 5.43 Å². The van der Waals surface area contributed by atoms with E-state index in [0.29, 0.717) is 12.2 Å². The standard InChI is InChI=1S/C12H15N3O2S2/c1-15(9-10-5-4-8-18-10)19(16,17)12-7-3-2-6-11(12)14-13/h2-8,14H,9,13H2,1H3. The number of hydrogen-bond donors (Lipinski definition) is 2. The van der Waals surface area contributed by atoms with E-state index in [1.165, 1.54) is 21.7 Å². The Morgan fingerprint density at radius 3 is 2.63 bits per heavy atom. The van der Waals surface area contributed by atoms with Gasteiger partial charge in [0.05, 0.1) is 5.69 Å². The molecule has 19 heavy (non-hydrogen) atoms. The number of nitrogens with one attached hydrogen (secondary N) is 1. The summed E-state index contributed by atoms with van der Waals surface area (Å²) >= 11 is 1.53. The zero-order valence-corrected chi connectivity index (χ0v) is 12.0. The second kappa shape index (κ2) is 5.70. The number of hydrazine groups is 1. The Labute approximate surface area is 116 Å². The SMILES string of the molecule is CN(Cc1cccs1)S(=O)(=O)c1ccccc1NN. The topological polar surface area (TPSA) is 75.4 Å². The molecule has 0 aliphatic heterocycles. The lowest BCUT2D eigenvalue weighted by atomic mass is 10.3. The van der Waals surface area contributed by atoms with E-state index >= 15 is 0 Å². The maximum atomic E-state index is 12.5. The van der Waals surface area contributed by atoms with Crippen LogP contribution in [0.3, 0.4) is 0 Å². The van der Waals surface area contributed by atoms with Gasteiger partial charge in [-0.2, -0.15) is 4.31 Å². The van der Waals surface area contributed by atoms with Crippen molar-refractivity contribution in [2.24, 2.45) is 5.84 Å². The fourth-order valence-electron chi connectivity index (χ4n) is 1.69. The van der Waals surface area contributed by atoms with Crippen LogP contribution in [-0.4, -0.2) is 19.8 Å². The minimum absolute atomic E-state index is 0.177. The number of rotatable bonds is 5. The Morgan fingerprint density at radius 1 is 1.26 bits per heavy atom. The molecule has 0 atom stereocenters. The molecule has 0 radical (unpaired) electrons. The number of sulfonamides is 1. The molecule has 0 unspecified atom stereocenters. The Bertz CT molecular complexity index is 639. The molecule has 0 bridgehead atoms. The van der Waals surface area contributed by atoms with E-state index in [0.717, 1.165) is 4.88 Å². The third-order valence-electron chi connectivity index (χ3n) is 2.69. The Hall–Kier alpha value is -1.41. The zero-order valence-electron chi connectivity index (χ0n) is 10.4. The van der Waals surface area contributed by atoms with Crippen molar-refractivity contribution in [3.05, 3.63) is 46.7 Å². The fraction of sp³-hybridized carbons (Fsp3) is 0.167. The first kappa shape index (κ1) is 14.0. The molecule has 0 amide bonds. The molecule has 0 spiro atoms.